The third kappa shape index (κ3) is 3.10. The molecular formula is C16H19ClN2O2. The van der Waals surface area contributed by atoms with E-state index >= 15 is 0 Å². The molecule has 1 heterocycles. The molecule has 0 aliphatic carbocycles. The minimum absolute atomic E-state index is 0.182. The van der Waals surface area contributed by atoms with Crippen LogP contribution in [0, 0.1) is 27.7 Å². The molecule has 0 amide bonds. The molecule has 0 spiro atoms. The summed E-state index contributed by atoms with van der Waals surface area (Å²) in [6.07, 6.45) is -0.623. The Kier molecular flexibility index (Phi) is 4.37. The van der Waals surface area contributed by atoms with Crippen LogP contribution in [0.4, 0.5) is 0 Å². The van der Waals surface area contributed by atoms with Gasteiger partial charge in [0.15, 0.2) is 6.10 Å². The zero-order chi connectivity index (χ0) is 15.7. The number of aromatic nitrogens is 2. The summed E-state index contributed by atoms with van der Waals surface area (Å²) in [6, 6.07) is 5.32. The zero-order valence-corrected chi connectivity index (χ0v) is 13.7. The van der Waals surface area contributed by atoms with Gasteiger partial charge in [0.25, 0.3) is 5.91 Å². The Morgan fingerprint density at radius 2 is 1.95 bits per heavy atom. The lowest BCUT2D eigenvalue weighted by atomic mass is 10.2. The van der Waals surface area contributed by atoms with Gasteiger partial charge in [-0.15, -0.1) is 0 Å². The van der Waals surface area contributed by atoms with Crippen molar-refractivity contribution in [3.63, 3.8) is 0 Å². The lowest BCUT2D eigenvalue weighted by Crippen LogP contribution is -2.31. The second-order valence-corrected chi connectivity index (χ2v) is 5.65. The first-order valence-electron chi connectivity index (χ1n) is 6.81. The molecule has 112 valence electrons. The minimum Gasteiger partial charge on any atom is -0.481 e. The maximum atomic E-state index is 12.5. The third-order valence-electron chi connectivity index (χ3n) is 3.65. The lowest BCUT2D eigenvalue weighted by molar-refractivity contribution is 0.0706. The lowest BCUT2D eigenvalue weighted by Gasteiger charge is -2.16. The van der Waals surface area contributed by atoms with Gasteiger partial charge >= 0.3 is 0 Å². The van der Waals surface area contributed by atoms with Crippen molar-refractivity contribution in [1.29, 1.82) is 0 Å². The second-order valence-electron chi connectivity index (χ2n) is 5.22. The SMILES string of the molecule is Cc1cc(Cl)ccc1OC(C)C(=O)n1nc(C)c(C)c1C. The molecule has 1 unspecified atom stereocenters. The molecule has 0 N–H and O–H groups in total. The highest BCUT2D eigenvalue weighted by molar-refractivity contribution is 6.30. The quantitative estimate of drug-likeness (QED) is 0.864. The molecule has 2 rings (SSSR count). The molecule has 0 aliphatic rings. The van der Waals surface area contributed by atoms with Crippen LogP contribution >= 0.6 is 11.6 Å². The molecular weight excluding hydrogens is 288 g/mol. The molecule has 0 bridgehead atoms. The molecule has 1 atom stereocenters. The average molecular weight is 307 g/mol. The van der Waals surface area contributed by atoms with Crippen molar-refractivity contribution in [3.05, 3.63) is 45.7 Å². The van der Waals surface area contributed by atoms with E-state index in [2.05, 4.69) is 5.10 Å². The molecule has 5 heteroatoms. The van der Waals surface area contributed by atoms with E-state index in [-0.39, 0.29) is 5.91 Å². The van der Waals surface area contributed by atoms with Gasteiger partial charge in [0.1, 0.15) is 5.75 Å². The number of ether oxygens (including phenoxy) is 1. The standard InChI is InChI=1S/C16H19ClN2O2/c1-9-8-14(17)6-7-15(9)21-13(5)16(20)19-12(4)10(2)11(3)18-19/h6-8,13H,1-5H3. The fourth-order valence-electron chi connectivity index (χ4n) is 2.09. The fourth-order valence-corrected chi connectivity index (χ4v) is 2.32. The molecule has 0 fully saturated rings. The summed E-state index contributed by atoms with van der Waals surface area (Å²) in [7, 11) is 0. The van der Waals surface area contributed by atoms with Gasteiger partial charge in [-0.25, -0.2) is 4.68 Å². The van der Waals surface area contributed by atoms with Crippen LogP contribution in [-0.4, -0.2) is 21.8 Å². The van der Waals surface area contributed by atoms with E-state index in [1.165, 1.54) is 4.68 Å². The first-order valence-corrected chi connectivity index (χ1v) is 7.19. The Morgan fingerprint density at radius 3 is 2.48 bits per heavy atom. The smallest absolute Gasteiger partial charge is 0.287 e. The summed E-state index contributed by atoms with van der Waals surface area (Å²) in [5.41, 5.74) is 3.63. The van der Waals surface area contributed by atoms with Gasteiger partial charge in [0.05, 0.1) is 5.69 Å². The van der Waals surface area contributed by atoms with E-state index in [0.29, 0.717) is 10.8 Å². The van der Waals surface area contributed by atoms with Gasteiger partial charge in [0, 0.05) is 10.7 Å². The van der Waals surface area contributed by atoms with E-state index in [0.717, 1.165) is 22.5 Å². The van der Waals surface area contributed by atoms with Crippen LogP contribution in [0.15, 0.2) is 18.2 Å². The summed E-state index contributed by atoms with van der Waals surface area (Å²) in [6.45, 7) is 9.35. The Bertz CT molecular complexity index is 692. The van der Waals surface area contributed by atoms with Crippen LogP contribution in [0.3, 0.4) is 0 Å². The first-order chi connectivity index (χ1) is 9.81. The van der Waals surface area contributed by atoms with Gasteiger partial charge in [-0.2, -0.15) is 5.10 Å². The van der Waals surface area contributed by atoms with Gasteiger partial charge in [-0.1, -0.05) is 11.6 Å². The molecule has 4 nitrogen and oxygen atoms in total. The fraction of sp³-hybridized carbons (Fsp3) is 0.375. The normalized spacial score (nSPS) is 12.3. The molecule has 1 aromatic heterocycles. The van der Waals surface area contributed by atoms with Crippen LogP contribution in [0.25, 0.3) is 0 Å². The van der Waals surface area contributed by atoms with Crippen molar-refractivity contribution in [1.82, 2.24) is 9.78 Å². The summed E-state index contributed by atoms with van der Waals surface area (Å²) >= 11 is 5.92. The highest BCUT2D eigenvalue weighted by atomic mass is 35.5. The monoisotopic (exact) mass is 306 g/mol. The highest BCUT2D eigenvalue weighted by Gasteiger charge is 2.21. The average Bonchev–Trinajstić information content (AvgIpc) is 2.68. The number of aryl methyl sites for hydroxylation is 2. The Balaban J connectivity index is 2.21. The number of carbonyl (C=O) groups excluding carboxylic acids is 1. The number of benzene rings is 1. The van der Waals surface area contributed by atoms with Crippen molar-refractivity contribution < 1.29 is 9.53 Å². The predicted octanol–water partition coefficient (Wildman–Crippen LogP) is 3.88. The number of rotatable bonds is 3. The van der Waals surface area contributed by atoms with Gasteiger partial charge in [0.2, 0.25) is 0 Å². The summed E-state index contributed by atoms with van der Waals surface area (Å²) in [5, 5.41) is 4.92. The minimum atomic E-state index is -0.623. The number of hydrogen-bond donors (Lipinski definition) is 0. The van der Waals surface area contributed by atoms with Crippen LogP contribution in [0.1, 0.15) is 34.2 Å². The topological polar surface area (TPSA) is 44.1 Å². The third-order valence-corrected chi connectivity index (χ3v) is 3.89. The molecule has 2 aromatic rings. The van der Waals surface area contributed by atoms with Crippen LogP contribution < -0.4 is 4.74 Å². The second kappa shape index (κ2) is 5.90. The maximum absolute atomic E-state index is 12.5. The van der Waals surface area contributed by atoms with E-state index < -0.39 is 6.10 Å². The van der Waals surface area contributed by atoms with Gasteiger partial charge in [-0.05, 0) is 63.9 Å². The van der Waals surface area contributed by atoms with Gasteiger partial charge in [-0.3, -0.25) is 4.79 Å². The van der Waals surface area contributed by atoms with Crippen molar-refractivity contribution in [3.8, 4) is 5.75 Å². The van der Waals surface area contributed by atoms with Crippen molar-refractivity contribution in [2.24, 2.45) is 0 Å². The van der Waals surface area contributed by atoms with Crippen LogP contribution in [0.5, 0.6) is 5.75 Å². The van der Waals surface area contributed by atoms with E-state index in [9.17, 15) is 4.79 Å². The number of carbonyl (C=O) groups is 1. The van der Waals surface area contributed by atoms with Crippen molar-refractivity contribution >= 4 is 17.5 Å². The number of nitrogens with zero attached hydrogens (tertiary/aromatic N) is 2. The molecule has 0 saturated carbocycles. The Hall–Kier alpha value is -1.81. The highest BCUT2D eigenvalue weighted by Crippen LogP contribution is 2.23. The van der Waals surface area contributed by atoms with E-state index in [1.807, 2.05) is 33.8 Å². The molecule has 0 aliphatic heterocycles. The Labute approximate surface area is 129 Å². The number of halogens is 1. The number of hydrogen-bond acceptors (Lipinski definition) is 3. The maximum Gasteiger partial charge on any atom is 0.287 e. The molecule has 0 saturated heterocycles. The van der Waals surface area contributed by atoms with Crippen molar-refractivity contribution in [2.75, 3.05) is 0 Å². The Morgan fingerprint density at radius 1 is 1.29 bits per heavy atom. The van der Waals surface area contributed by atoms with E-state index in [4.69, 9.17) is 16.3 Å². The summed E-state index contributed by atoms with van der Waals surface area (Å²) < 4.78 is 7.17. The largest absolute Gasteiger partial charge is 0.481 e. The van der Waals surface area contributed by atoms with Crippen molar-refractivity contribution in [2.45, 2.75) is 40.7 Å². The summed E-state index contributed by atoms with van der Waals surface area (Å²) in [5.74, 6) is 0.469. The first kappa shape index (κ1) is 15.6. The van der Waals surface area contributed by atoms with Crippen LogP contribution in [0.2, 0.25) is 5.02 Å². The predicted molar refractivity (Wildman–Crippen MR) is 83.3 cm³/mol. The zero-order valence-electron chi connectivity index (χ0n) is 12.9. The summed E-state index contributed by atoms with van der Waals surface area (Å²) in [4.78, 5) is 12.5. The van der Waals surface area contributed by atoms with E-state index in [1.54, 1.807) is 19.1 Å². The van der Waals surface area contributed by atoms with Crippen LogP contribution in [-0.2, 0) is 0 Å². The molecule has 21 heavy (non-hydrogen) atoms. The molecule has 0 radical (unpaired) electrons. The van der Waals surface area contributed by atoms with Gasteiger partial charge < -0.3 is 4.74 Å². The molecule has 1 aromatic carbocycles.